The van der Waals surface area contributed by atoms with E-state index in [4.69, 9.17) is 14.2 Å². The molecule has 0 fully saturated rings. The van der Waals surface area contributed by atoms with Crippen LogP contribution in [0.2, 0.25) is 0 Å². The number of hydrogen-bond acceptors (Lipinski definition) is 5. The van der Waals surface area contributed by atoms with E-state index >= 15 is 0 Å². The van der Waals surface area contributed by atoms with Crippen LogP contribution >= 0.6 is 15.9 Å². The number of fused-ring (bicyclic) bond motifs is 4. The van der Waals surface area contributed by atoms with Gasteiger partial charge in [-0.3, -0.25) is 9.59 Å². The maximum absolute atomic E-state index is 14.0. The first-order valence-corrected chi connectivity index (χ1v) is 12.5. The van der Waals surface area contributed by atoms with Gasteiger partial charge in [0.1, 0.15) is 5.75 Å². The zero-order valence-electron chi connectivity index (χ0n) is 20.3. The Labute approximate surface area is 218 Å². The average molecular weight is 551 g/mol. The van der Waals surface area contributed by atoms with Gasteiger partial charge in [0, 0.05) is 28.7 Å². The molecule has 186 valence electrons. The van der Waals surface area contributed by atoms with E-state index in [9.17, 15) is 9.59 Å². The van der Waals surface area contributed by atoms with Crippen molar-refractivity contribution in [3.05, 3.63) is 86.9 Å². The highest BCUT2D eigenvalue weighted by Crippen LogP contribution is 2.48. The van der Waals surface area contributed by atoms with Gasteiger partial charge in [0.25, 0.3) is 5.91 Å². The van der Waals surface area contributed by atoms with Crippen LogP contribution in [-0.4, -0.2) is 44.6 Å². The van der Waals surface area contributed by atoms with E-state index in [-0.39, 0.29) is 18.4 Å². The Morgan fingerprint density at radius 3 is 2.44 bits per heavy atom. The fraction of sp³-hybridized carbons (Fsp3) is 0.286. The molecule has 2 atom stereocenters. The summed E-state index contributed by atoms with van der Waals surface area (Å²) >= 11 is 3.49. The third-order valence-corrected chi connectivity index (χ3v) is 7.50. The highest BCUT2D eigenvalue weighted by molar-refractivity contribution is 9.10. The minimum absolute atomic E-state index is 0.108. The first kappa shape index (κ1) is 24.2. The number of hydrogen-bond donors (Lipinski definition) is 1. The second kappa shape index (κ2) is 9.85. The van der Waals surface area contributed by atoms with E-state index < -0.39 is 12.0 Å². The Bertz CT molecular complexity index is 1340. The van der Waals surface area contributed by atoms with Gasteiger partial charge in [-0.05, 0) is 53.4 Å². The Balaban J connectivity index is 1.60. The molecule has 0 bridgehead atoms. The highest BCUT2D eigenvalue weighted by Gasteiger charge is 2.46. The molecule has 5 rings (SSSR count). The quantitative estimate of drug-likeness (QED) is 0.484. The lowest BCUT2D eigenvalue weighted by Gasteiger charge is -2.45. The molecule has 0 unspecified atom stereocenters. The average Bonchev–Trinajstić information content (AvgIpc) is 2.91. The van der Waals surface area contributed by atoms with Gasteiger partial charge in [0.15, 0.2) is 11.5 Å². The summed E-state index contributed by atoms with van der Waals surface area (Å²) in [7, 11) is 4.69. The Kier molecular flexibility index (Phi) is 6.62. The number of nitrogens with one attached hydrogen (secondary N) is 1. The Hall–Kier alpha value is -3.52. The molecule has 2 aliphatic heterocycles. The molecule has 2 heterocycles. The van der Waals surface area contributed by atoms with Crippen molar-refractivity contribution in [3.8, 4) is 17.2 Å². The van der Waals surface area contributed by atoms with E-state index in [1.807, 2.05) is 41.3 Å². The van der Waals surface area contributed by atoms with Crippen LogP contribution < -0.4 is 19.5 Å². The molecule has 0 saturated carbocycles. The van der Waals surface area contributed by atoms with Crippen LogP contribution in [0, 0.1) is 0 Å². The van der Waals surface area contributed by atoms with Crippen molar-refractivity contribution in [2.24, 2.45) is 0 Å². The SMILES string of the molecule is COc1ccc(Br)cc1CNC(=O)[C@@H]1c2cc(OC)c(OC)cc2C(=O)N2CCc3ccccc3[C@@H]12. The normalized spacial score (nSPS) is 18.0. The lowest BCUT2D eigenvalue weighted by Crippen LogP contribution is -2.50. The van der Waals surface area contributed by atoms with Gasteiger partial charge >= 0.3 is 0 Å². The molecule has 1 N–H and O–H groups in total. The molecule has 3 aromatic carbocycles. The van der Waals surface area contributed by atoms with Crippen LogP contribution in [0.1, 0.15) is 44.6 Å². The maximum Gasteiger partial charge on any atom is 0.254 e. The number of methoxy groups -OCH3 is 3. The number of carbonyl (C=O) groups is 2. The summed E-state index contributed by atoms with van der Waals surface area (Å²) in [4.78, 5) is 29.5. The van der Waals surface area contributed by atoms with Crippen molar-refractivity contribution in [3.63, 3.8) is 0 Å². The molecule has 3 aromatic rings. The number of nitrogens with zero attached hydrogens (tertiary/aromatic N) is 1. The molecule has 0 saturated heterocycles. The van der Waals surface area contributed by atoms with E-state index in [2.05, 4.69) is 27.3 Å². The second-order valence-electron chi connectivity index (χ2n) is 8.84. The standard InChI is InChI=1S/C28H27BrN2O5/c1-34-22-9-8-18(29)12-17(22)15-30-27(32)25-20-13-23(35-2)24(36-3)14-21(20)28(33)31-11-10-16-6-4-5-7-19(16)26(25)31/h4-9,12-14,25-26H,10-11,15H2,1-3H3,(H,30,32)/t25-,26+/m1/s1. The topological polar surface area (TPSA) is 77.1 Å². The number of amides is 2. The van der Waals surface area contributed by atoms with Gasteiger partial charge in [-0.1, -0.05) is 40.2 Å². The van der Waals surface area contributed by atoms with Gasteiger partial charge < -0.3 is 24.4 Å². The third-order valence-electron chi connectivity index (χ3n) is 7.01. The first-order valence-electron chi connectivity index (χ1n) is 11.7. The Morgan fingerprint density at radius 2 is 1.69 bits per heavy atom. The lowest BCUT2D eigenvalue weighted by molar-refractivity contribution is -0.124. The van der Waals surface area contributed by atoms with Crippen LogP contribution in [-0.2, 0) is 17.8 Å². The van der Waals surface area contributed by atoms with Crippen LogP contribution in [0.5, 0.6) is 17.2 Å². The van der Waals surface area contributed by atoms with Crippen molar-refractivity contribution in [2.75, 3.05) is 27.9 Å². The van der Waals surface area contributed by atoms with E-state index in [0.29, 0.717) is 34.9 Å². The summed E-state index contributed by atoms with van der Waals surface area (Å²) in [5.41, 5.74) is 4.10. The van der Waals surface area contributed by atoms with Gasteiger partial charge in [-0.15, -0.1) is 0 Å². The van der Waals surface area contributed by atoms with E-state index in [1.165, 1.54) is 7.11 Å². The summed E-state index contributed by atoms with van der Waals surface area (Å²) in [6.07, 6.45) is 0.741. The molecular weight excluding hydrogens is 524 g/mol. The number of halogens is 1. The maximum atomic E-state index is 14.0. The molecule has 2 aliphatic rings. The van der Waals surface area contributed by atoms with Gasteiger partial charge in [-0.25, -0.2) is 0 Å². The summed E-state index contributed by atoms with van der Waals surface area (Å²) in [6, 6.07) is 16.7. The van der Waals surface area contributed by atoms with Crippen LogP contribution in [0.15, 0.2) is 59.1 Å². The van der Waals surface area contributed by atoms with Gasteiger partial charge in [0.05, 0.1) is 33.3 Å². The van der Waals surface area contributed by atoms with Crippen LogP contribution in [0.25, 0.3) is 0 Å². The predicted octanol–water partition coefficient (Wildman–Crippen LogP) is 4.63. The smallest absolute Gasteiger partial charge is 0.254 e. The number of rotatable bonds is 6. The van der Waals surface area contributed by atoms with Gasteiger partial charge in [0.2, 0.25) is 5.91 Å². The van der Waals surface area contributed by atoms with Crippen LogP contribution in [0.4, 0.5) is 0 Å². The molecule has 0 aromatic heterocycles. The molecule has 7 nitrogen and oxygen atoms in total. The molecule has 0 aliphatic carbocycles. The molecule has 36 heavy (non-hydrogen) atoms. The largest absolute Gasteiger partial charge is 0.496 e. The molecule has 2 amide bonds. The second-order valence-corrected chi connectivity index (χ2v) is 9.75. The molecule has 0 spiro atoms. The van der Waals surface area contributed by atoms with Crippen molar-refractivity contribution in [1.29, 1.82) is 0 Å². The van der Waals surface area contributed by atoms with Crippen molar-refractivity contribution < 1.29 is 23.8 Å². The van der Waals surface area contributed by atoms with E-state index in [0.717, 1.165) is 27.6 Å². The minimum Gasteiger partial charge on any atom is -0.496 e. The third kappa shape index (κ3) is 4.09. The predicted molar refractivity (Wildman–Crippen MR) is 139 cm³/mol. The summed E-state index contributed by atoms with van der Waals surface area (Å²) in [6.45, 7) is 0.820. The fourth-order valence-electron chi connectivity index (χ4n) is 5.31. The number of benzene rings is 3. The molecule has 8 heteroatoms. The molecular formula is C28H27BrN2O5. The van der Waals surface area contributed by atoms with Crippen molar-refractivity contribution >= 4 is 27.7 Å². The fourth-order valence-corrected chi connectivity index (χ4v) is 5.72. The van der Waals surface area contributed by atoms with Crippen molar-refractivity contribution in [1.82, 2.24) is 10.2 Å². The zero-order chi connectivity index (χ0) is 25.4. The minimum atomic E-state index is -0.628. The highest BCUT2D eigenvalue weighted by atomic mass is 79.9. The van der Waals surface area contributed by atoms with E-state index in [1.54, 1.807) is 26.4 Å². The monoisotopic (exact) mass is 550 g/mol. The first-order chi connectivity index (χ1) is 17.5. The zero-order valence-corrected chi connectivity index (χ0v) is 21.9. The Morgan fingerprint density at radius 1 is 0.972 bits per heavy atom. The summed E-state index contributed by atoms with van der Waals surface area (Å²) in [5.74, 6) is 0.713. The number of carbonyl (C=O) groups excluding carboxylic acids is 2. The summed E-state index contributed by atoms with van der Waals surface area (Å²) < 4.78 is 17.4. The molecule has 0 radical (unpaired) electrons. The summed E-state index contributed by atoms with van der Waals surface area (Å²) in [5, 5.41) is 3.11. The van der Waals surface area contributed by atoms with Gasteiger partial charge in [-0.2, -0.15) is 0 Å². The van der Waals surface area contributed by atoms with Crippen molar-refractivity contribution in [2.45, 2.75) is 24.9 Å². The number of ether oxygens (including phenoxy) is 3. The lowest BCUT2D eigenvalue weighted by atomic mass is 9.75. The van der Waals surface area contributed by atoms with Crippen LogP contribution in [0.3, 0.4) is 0 Å².